The highest BCUT2D eigenvalue weighted by Gasteiger charge is 2.29. The fourth-order valence-electron chi connectivity index (χ4n) is 2.06. The van der Waals surface area contributed by atoms with E-state index in [2.05, 4.69) is 0 Å². The van der Waals surface area contributed by atoms with E-state index in [1.807, 2.05) is 6.92 Å². The first-order valence-corrected chi connectivity index (χ1v) is 6.17. The molecule has 0 aromatic heterocycles. The standard InChI is InChI=1S/C12H21NO5/c1-8(4-12(16)17)3-11(15)13-5-10(6-14)18-7-9(13)2/h8-10,14H,3-7H2,1-2H3,(H,16,17). The molecule has 1 heterocycles. The number of rotatable bonds is 5. The first-order chi connectivity index (χ1) is 8.43. The molecule has 1 aliphatic rings. The van der Waals surface area contributed by atoms with Gasteiger partial charge in [-0.2, -0.15) is 0 Å². The van der Waals surface area contributed by atoms with Crippen LogP contribution in [0, 0.1) is 5.92 Å². The molecule has 3 unspecified atom stereocenters. The number of ether oxygens (including phenoxy) is 1. The van der Waals surface area contributed by atoms with Crippen LogP contribution in [-0.4, -0.2) is 58.9 Å². The topological polar surface area (TPSA) is 87.1 Å². The van der Waals surface area contributed by atoms with E-state index in [-0.39, 0.29) is 43.4 Å². The number of aliphatic carboxylic acids is 1. The number of carboxylic acids is 1. The van der Waals surface area contributed by atoms with Crippen molar-refractivity contribution in [3.63, 3.8) is 0 Å². The van der Waals surface area contributed by atoms with E-state index < -0.39 is 5.97 Å². The lowest BCUT2D eigenvalue weighted by molar-refractivity contribution is -0.147. The molecule has 1 aliphatic heterocycles. The minimum absolute atomic E-state index is 0.00606. The van der Waals surface area contributed by atoms with Gasteiger partial charge in [0.2, 0.25) is 5.91 Å². The van der Waals surface area contributed by atoms with Crippen LogP contribution < -0.4 is 0 Å². The number of carbonyl (C=O) groups is 2. The second kappa shape index (κ2) is 6.70. The highest BCUT2D eigenvalue weighted by atomic mass is 16.5. The summed E-state index contributed by atoms with van der Waals surface area (Å²) in [6.45, 7) is 4.30. The minimum Gasteiger partial charge on any atom is -0.481 e. The van der Waals surface area contributed by atoms with E-state index in [9.17, 15) is 9.59 Å². The summed E-state index contributed by atoms with van der Waals surface area (Å²) in [5.41, 5.74) is 0. The van der Waals surface area contributed by atoms with Crippen LogP contribution in [0.25, 0.3) is 0 Å². The van der Waals surface area contributed by atoms with Crippen LogP contribution in [0.3, 0.4) is 0 Å². The third kappa shape index (κ3) is 4.27. The molecule has 0 bridgehead atoms. The number of hydrogen-bond acceptors (Lipinski definition) is 4. The third-order valence-corrected chi connectivity index (χ3v) is 3.08. The van der Waals surface area contributed by atoms with Crippen molar-refractivity contribution in [2.24, 2.45) is 5.92 Å². The Morgan fingerprint density at radius 2 is 2.11 bits per heavy atom. The summed E-state index contributed by atoms with van der Waals surface area (Å²) < 4.78 is 5.35. The molecule has 1 amide bonds. The molecular formula is C12H21NO5. The van der Waals surface area contributed by atoms with Gasteiger partial charge in [-0.15, -0.1) is 0 Å². The van der Waals surface area contributed by atoms with E-state index in [0.717, 1.165) is 0 Å². The molecule has 1 saturated heterocycles. The molecule has 2 N–H and O–H groups in total. The molecule has 18 heavy (non-hydrogen) atoms. The zero-order valence-corrected chi connectivity index (χ0v) is 10.8. The Morgan fingerprint density at radius 3 is 2.67 bits per heavy atom. The molecule has 6 heteroatoms. The van der Waals surface area contributed by atoms with Crippen molar-refractivity contribution in [2.75, 3.05) is 19.8 Å². The summed E-state index contributed by atoms with van der Waals surface area (Å²) in [6.07, 6.45) is -0.122. The van der Waals surface area contributed by atoms with E-state index in [1.165, 1.54) is 0 Å². The van der Waals surface area contributed by atoms with Crippen LogP contribution in [0.1, 0.15) is 26.7 Å². The van der Waals surface area contributed by atoms with Crippen LogP contribution in [-0.2, 0) is 14.3 Å². The fourth-order valence-corrected chi connectivity index (χ4v) is 2.06. The van der Waals surface area contributed by atoms with Gasteiger partial charge in [-0.05, 0) is 12.8 Å². The average Bonchev–Trinajstić information content (AvgIpc) is 2.28. The van der Waals surface area contributed by atoms with E-state index in [0.29, 0.717) is 13.2 Å². The van der Waals surface area contributed by atoms with Crippen LogP contribution in [0.15, 0.2) is 0 Å². The molecule has 104 valence electrons. The van der Waals surface area contributed by atoms with Crippen molar-refractivity contribution >= 4 is 11.9 Å². The summed E-state index contributed by atoms with van der Waals surface area (Å²) in [7, 11) is 0. The normalized spacial score (nSPS) is 25.8. The molecule has 0 aromatic carbocycles. The van der Waals surface area contributed by atoms with Gasteiger partial charge in [0.15, 0.2) is 0 Å². The predicted octanol–water partition coefficient (Wildman–Crippen LogP) is 0.0955. The molecule has 0 radical (unpaired) electrons. The van der Waals surface area contributed by atoms with E-state index in [4.69, 9.17) is 14.9 Å². The Bertz CT molecular complexity index is 307. The van der Waals surface area contributed by atoms with Crippen molar-refractivity contribution in [1.29, 1.82) is 0 Å². The van der Waals surface area contributed by atoms with Crippen molar-refractivity contribution < 1.29 is 24.5 Å². The van der Waals surface area contributed by atoms with Crippen LogP contribution in [0.5, 0.6) is 0 Å². The maximum Gasteiger partial charge on any atom is 0.303 e. The Kier molecular flexibility index (Phi) is 5.55. The van der Waals surface area contributed by atoms with Gasteiger partial charge in [-0.3, -0.25) is 9.59 Å². The van der Waals surface area contributed by atoms with Crippen molar-refractivity contribution in [3.05, 3.63) is 0 Å². The average molecular weight is 259 g/mol. The number of nitrogens with zero attached hydrogens (tertiary/aromatic N) is 1. The number of carbonyl (C=O) groups excluding carboxylic acids is 1. The summed E-state index contributed by atoms with van der Waals surface area (Å²) in [5.74, 6) is -1.14. The fraction of sp³-hybridized carbons (Fsp3) is 0.833. The number of amides is 1. The largest absolute Gasteiger partial charge is 0.481 e. The molecule has 0 aromatic rings. The molecular weight excluding hydrogens is 238 g/mol. The van der Waals surface area contributed by atoms with Crippen LogP contribution in [0.2, 0.25) is 0 Å². The smallest absolute Gasteiger partial charge is 0.303 e. The number of aliphatic hydroxyl groups is 1. The molecule has 0 aliphatic carbocycles. The maximum atomic E-state index is 12.1. The molecule has 1 fully saturated rings. The second-order valence-electron chi connectivity index (χ2n) is 4.94. The van der Waals surface area contributed by atoms with Gasteiger partial charge < -0.3 is 19.8 Å². The molecule has 1 rings (SSSR count). The number of aliphatic hydroxyl groups excluding tert-OH is 1. The van der Waals surface area contributed by atoms with Gasteiger partial charge in [0, 0.05) is 19.4 Å². The van der Waals surface area contributed by atoms with Gasteiger partial charge in [0.05, 0.1) is 25.4 Å². The molecule has 6 nitrogen and oxygen atoms in total. The third-order valence-electron chi connectivity index (χ3n) is 3.08. The first-order valence-electron chi connectivity index (χ1n) is 6.17. The Hall–Kier alpha value is -1.14. The SMILES string of the molecule is CC(CC(=O)O)CC(=O)N1CC(CO)OCC1C. The molecule has 0 spiro atoms. The lowest BCUT2D eigenvalue weighted by Gasteiger charge is -2.37. The Morgan fingerprint density at radius 1 is 1.44 bits per heavy atom. The summed E-state index contributed by atoms with van der Waals surface area (Å²) in [4.78, 5) is 24.3. The lowest BCUT2D eigenvalue weighted by atomic mass is 10.0. The van der Waals surface area contributed by atoms with E-state index in [1.54, 1.807) is 11.8 Å². The monoisotopic (exact) mass is 259 g/mol. The van der Waals surface area contributed by atoms with Crippen molar-refractivity contribution in [3.8, 4) is 0 Å². The Labute approximate surface area is 107 Å². The summed E-state index contributed by atoms with van der Waals surface area (Å²) in [6, 6.07) is -0.0303. The van der Waals surface area contributed by atoms with Gasteiger partial charge in [0.1, 0.15) is 0 Å². The summed E-state index contributed by atoms with van der Waals surface area (Å²) in [5, 5.41) is 17.7. The predicted molar refractivity (Wildman–Crippen MR) is 64.0 cm³/mol. The molecule has 3 atom stereocenters. The van der Waals surface area contributed by atoms with Gasteiger partial charge in [0.25, 0.3) is 0 Å². The molecule has 0 saturated carbocycles. The van der Waals surface area contributed by atoms with Gasteiger partial charge >= 0.3 is 5.97 Å². The van der Waals surface area contributed by atoms with Crippen LogP contribution >= 0.6 is 0 Å². The van der Waals surface area contributed by atoms with Gasteiger partial charge in [-0.25, -0.2) is 0 Å². The zero-order valence-electron chi connectivity index (χ0n) is 10.8. The van der Waals surface area contributed by atoms with Gasteiger partial charge in [-0.1, -0.05) is 6.92 Å². The van der Waals surface area contributed by atoms with Crippen LogP contribution in [0.4, 0.5) is 0 Å². The second-order valence-corrected chi connectivity index (χ2v) is 4.94. The quantitative estimate of drug-likeness (QED) is 0.731. The summed E-state index contributed by atoms with van der Waals surface area (Å²) >= 11 is 0. The maximum absolute atomic E-state index is 12.1. The highest BCUT2D eigenvalue weighted by Crippen LogP contribution is 2.16. The van der Waals surface area contributed by atoms with Crippen molar-refractivity contribution in [2.45, 2.75) is 38.8 Å². The van der Waals surface area contributed by atoms with E-state index >= 15 is 0 Å². The lowest BCUT2D eigenvalue weighted by Crippen LogP contribution is -2.52. The number of carboxylic acid groups (broad SMARTS) is 1. The number of hydrogen-bond donors (Lipinski definition) is 2. The zero-order chi connectivity index (χ0) is 13.7. The minimum atomic E-state index is -0.890. The number of morpholine rings is 1. The Balaban J connectivity index is 2.50. The highest BCUT2D eigenvalue weighted by molar-refractivity contribution is 5.77. The van der Waals surface area contributed by atoms with Crippen molar-refractivity contribution in [1.82, 2.24) is 4.90 Å². The first kappa shape index (κ1) is 14.9.